The van der Waals surface area contributed by atoms with Crippen molar-refractivity contribution in [2.75, 3.05) is 24.5 Å². The molecular weight excluding hydrogens is 320 g/mol. The first-order valence-corrected chi connectivity index (χ1v) is 8.60. The van der Waals surface area contributed by atoms with E-state index in [1.54, 1.807) is 12.3 Å². The molecule has 0 spiro atoms. The first kappa shape index (κ1) is 17.4. The quantitative estimate of drug-likeness (QED) is 0.861. The standard InChI is InChI=1S/C18H24N4O3/c1-13(2)14-10-15(25-21-14)17(23)20-11-18(24)7-5-9-22(12-18)16-6-3-4-8-19-16/h3-4,6,8,10,13,24H,5,7,9,11-12H2,1-2H3,(H,20,23)/t18-/m1/s1. The van der Waals surface area contributed by atoms with Crippen molar-refractivity contribution in [3.63, 3.8) is 0 Å². The second-order valence-corrected chi connectivity index (χ2v) is 6.89. The summed E-state index contributed by atoms with van der Waals surface area (Å²) >= 11 is 0. The fraction of sp³-hybridized carbons (Fsp3) is 0.500. The molecule has 2 aromatic heterocycles. The minimum atomic E-state index is -0.994. The zero-order chi connectivity index (χ0) is 17.9. The number of rotatable bonds is 5. The van der Waals surface area contributed by atoms with Crippen LogP contribution in [0.15, 0.2) is 35.0 Å². The van der Waals surface area contributed by atoms with Gasteiger partial charge in [-0.1, -0.05) is 25.1 Å². The monoisotopic (exact) mass is 344 g/mol. The first-order valence-electron chi connectivity index (χ1n) is 8.60. The smallest absolute Gasteiger partial charge is 0.290 e. The van der Waals surface area contributed by atoms with Gasteiger partial charge < -0.3 is 19.8 Å². The molecule has 0 unspecified atom stereocenters. The van der Waals surface area contributed by atoms with Crippen LogP contribution in [0.3, 0.4) is 0 Å². The normalized spacial score (nSPS) is 20.7. The van der Waals surface area contributed by atoms with Gasteiger partial charge in [-0.3, -0.25) is 4.79 Å². The zero-order valence-electron chi connectivity index (χ0n) is 14.6. The molecule has 3 heterocycles. The van der Waals surface area contributed by atoms with Crippen molar-refractivity contribution in [1.82, 2.24) is 15.5 Å². The molecule has 1 atom stereocenters. The van der Waals surface area contributed by atoms with Gasteiger partial charge in [-0.25, -0.2) is 4.98 Å². The molecule has 7 heteroatoms. The summed E-state index contributed by atoms with van der Waals surface area (Å²) in [5, 5.41) is 17.5. The molecule has 1 aliphatic heterocycles. The van der Waals surface area contributed by atoms with Gasteiger partial charge >= 0.3 is 0 Å². The van der Waals surface area contributed by atoms with Gasteiger partial charge in [0, 0.05) is 31.9 Å². The summed E-state index contributed by atoms with van der Waals surface area (Å²) in [5.74, 6) is 0.844. The van der Waals surface area contributed by atoms with Crippen LogP contribution in [0.1, 0.15) is 48.9 Å². The molecule has 0 radical (unpaired) electrons. The Morgan fingerprint density at radius 2 is 2.32 bits per heavy atom. The molecule has 3 rings (SSSR count). The molecule has 7 nitrogen and oxygen atoms in total. The molecule has 1 saturated heterocycles. The van der Waals surface area contributed by atoms with Gasteiger partial charge in [0.1, 0.15) is 5.82 Å². The van der Waals surface area contributed by atoms with Crippen LogP contribution in [-0.4, -0.2) is 46.4 Å². The molecule has 1 aliphatic rings. The number of aliphatic hydroxyl groups is 1. The Morgan fingerprint density at radius 3 is 3.00 bits per heavy atom. The van der Waals surface area contributed by atoms with E-state index in [0.29, 0.717) is 13.0 Å². The molecule has 0 saturated carbocycles. The summed E-state index contributed by atoms with van der Waals surface area (Å²) < 4.78 is 5.09. The number of pyridine rings is 1. The number of aromatic nitrogens is 2. The Labute approximate surface area is 147 Å². The number of anilines is 1. The minimum Gasteiger partial charge on any atom is -0.386 e. The summed E-state index contributed by atoms with van der Waals surface area (Å²) in [6, 6.07) is 7.36. The number of hydrogen-bond donors (Lipinski definition) is 2. The Balaban J connectivity index is 1.60. The summed E-state index contributed by atoms with van der Waals surface area (Å²) in [6.07, 6.45) is 3.20. The molecule has 0 bridgehead atoms. The Bertz CT molecular complexity index is 716. The lowest BCUT2D eigenvalue weighted by Gasteiger charge is -2.39. The van der Waals surface area contributed by atoms with Crippen molar-refractivity contribution in [3.8, 4) is 0 Å². The van der Waals surface area contributed by atoms with Gasteiger partial charge in [-0.2, -0.15) is 0 Å². The lowest BCUT2D eigenvalue weighted by atomic mass is 9.92. The fourth-order valence-electron chi connectivity index (χ4n) is 2.99. The molecule has 2 N–H and O–H groups in total. The highest BCUT2D eigenvalue weighted by Crippen LogP contribution is 2.24. The van der Waals surface area contributed by atoms with Crippen LogP contribution >= 0.6 is 0 Å². The third kappa shape index (κ3) is 4.17. The molecule has 1 fully saturated rings. The lowest BCUT2D eigenvalue weighted by Crippen LogP contribution is -2.54. The maximum Gasteiger partial charge on any atom is 0.290 e. The van der Waals surface area contributed by atoms with Crippen LogP contribution in [0, 0.1) is 0 Å². The van der Waals surface area contributed by atoms with Gasteiger partial charge in [0.15, 0.2) is 0 Å². The zero-order valence-corrected chi connectivity index (χ0v) is 14.6. The van der Waals surface area contributed by atoms with E-state index in [-0.39, 0.29) is 24.1 Å². The van der Waals surface area contributed by atoms with Gasteiger partial charge in [-0.15, -0.1) is 0 Å². The van der Waals surface area contributed by atoms with Crippen molar-refractivity contribution in [2.24, 2.45) is 0 Å². The maximum absolute atomic E-state index is 12.2. The Morgan fingerprint density at radius 1 is 1.48 bits per heavy atom. The van der Waals surface area contributed by atoms with E-state index in [0.717, 1.165) is 24.5 Å². The number of nitrogens with zero attached hydrogens (tertiary/aromatic N) is 3. The van der Waals surface area contributed by atoms with Gasteiger partial charge in [0.25, 0.3) is 5.91 Å². The van der Waals surface area contributed by atoms with E-state index < -0.39 is 5.60 Å². The molecule has 134 valence electrons. The topological polar surface area (TPSA) is 91.5 Å². The largest absolute Gasteiger partial charge is 0.386 e. The van der Waals surface area contributed by atoms with Crippen molar-refractivity contribution in [3.05, 3.63) is 41.9 Å². The third-order valence-corrected chi connectivity index (χ3v) is 4.45. The van der Waals surface area contributed by atoms with Crippen LogP contribution in [0.25, 0.3) is 0 Å². The average Bonchev–Trinajstić information content (AvgIpc) is 3.11. The highest BCUT2D eigenvalue weighted by Gasteiger charge is 2.34. The van der Waals surface area contributed by atoms with Crippen LogP contribution < -0.4 is 10.2 Å². The van der Waals surface area contributed by atoms with E-state index in [9.17, 15) is 9.90 Å². The number of carbonyl (C=O) groups excluding carboxylic acids is 1. The molecular formula is C18H24N4O3. The molecule has 0 aliphatic carbocycles. The van der Waals surface area contributed by atoms with Crippen LogP contribution in [0.5, 0.6) is 0 Å². The summed E-state index contributed by atoms with van der Waals surface area (Å²) in [7, 11) is 0. The van der Waals surface area contributed by atoms with E-state index in [1.165, 1.54) is 0 Å². The summed E-state index contributed by atoms with van der Waals surface area (Å²) in [6.45, 7) is 5.39. The summed E-state index contributed by atoms with van der Waals surface area (Å²) in [5.41, 5.74) is -0.255. The highest BCUT2D eigenvalue weighted by molar-refractivity contribution is 5.91. The summed E-state index contributed by atoms with van der Waals surface area (Å²) in [4.78, 5) is 18.6. The van der Waals surface area contributed by atoms with Crippen molar-refractivity contribution < 1.29 is 14.4 Å². The van der Waals surface area contributed by atoms with E-state index in [4.69, 9.17) is 4.52 Å². The second-order valence-electron chi connectivity index (χ2n) is 6.89. The second kappa shape index (κ2) is 7.23. The number of piperidine rings is 1. The number of β-amino-alcohol motifs (C(OH)–C–C–N with tert-alkyl or cyclic N) is 1. The van der Waals surface area contributed by atoms with Crippen molar-refractivity contribution >= 4 is 11.7 Å². The fourth-order valence-corrected chi connectivity index (χ4v) is 2.99. The average molecular weight is 344 g/mol. The van der Waals surface area contributed by atoms with E-state index in [1.807, 2.05) is 36.9 Å². The molecule has 25 heavy (non-hydrogen) atoms. The number of hydrogen-bond acceptors (Lipinski definition) is 6. The van der Waals surface area contributed by atoms with E-state index >= 15 is 0 Å². The van der Waals surface area contributed by atoms with Gasteiger partial charge in [0.05, 0.1) is 11.3 Å². The highest BCUT2D eigenvalue weighted by atomic mass is 16.5. The number of carbonyl (C=O) groups is 1. The third-order valence-electron chi connectivity index (χ3n) is 4.45. The van der Waals surface area contributed by atoms with Gasteiger partial charge in [0.2, 0.25) is 5.76 Å². The predicted molar refractivity (Wildman–Crippen MR) is 93.6 cm³/mol. The SMILES string of the molecule is CC(C)c1cc(C(=O)NC[C@]2(O)CCCN(c3ccccn3)C2)on1. The van der Waals surface area contributed by atoms with Crippen LogP contribution in [0.2, 0.25) is 0 Å². The minimum absolute atomic E-state index is 0.160. The van der Waals surface area contributed by atoms with Crippen molar-refractivity contribution in [1.29, 1.82) is 0 Å². The number of amides is 1. The molecule has 1 amide bonds. The van der Waals surface area contributed by atoms with Crippen LogP contribution in [-0.2, 0) is 0 Å². The maximum atomic E-state index is 12.2. The van der Waals surface area contributed by atoms with Crippen LogP contribution in [0.4, 0.5) is 5.82 Å². The first-order chi connectivity index (χ1) is 12.0. The Kier molecular flexibility index (Phi) is 5.03. The molecule has 2 aromatic rings. The number of nitrogens with one attached hydrogen (secondary N) is 1. The Hall–Kier alpha value is -2.41. The van der Waals surface area contributed by atoms with Crippen molar-refractivity contribution in [2.45, 2.75) is 38.2 Å². The molecule has 0 aromatic carbocycles. The predicted octanol–water partition coefficient (Wildman–Crippen LogP) is 1.95. The van der Waals surface area contributed by atoms with Gasteiger partial charge in [-0.05, 0) is 30.9 Å². The van der Waals surface area contributed by atoms with E-state index in [2.05, 4.69) is 15.5 Å². The lowest BCUT2D eigenvalue weighted by molar-refractivity contribution is 0.0250.